The minimum Gasteiger partial charge on any atom is -0.481 e. The van der Waals surface area contributed by atoms with Gasteiger partial charge < -0.3 is 15.0 Å². The smallest absolute Gasteiger partial charge is 0.262 e. The number of amides is 2. The van der Waals surface area contributed by atoms with Crippen LogP contribution in [0, 0.1) is 5.92 Å². The van der Waals surface area contributed by atoms with Gasteiger partial charge >= 0.3 is 0 Å². The summed E-state index contributed by atoms with van der Waals surface area (Å²) >= 11 is 15.3. The number of nitrogens with zero attached hydrogens (tertiary/aromatic N) is 1. The Balaban J connectivity index is 1.60. The summed E-state index contributed by atoms with van der Waals surface area (Å²) < 4.78 is 6.08. The van der Waals surface area contributed by atoms with Crippen LogP contribution in [-0.4, -0.2) is 36.4 Å². The molecule has 154 valence electrons. The zero-order valence-electron chi connectivity index (χ0n) is 15.9. The first kappa shape index (κ1) is 21.9. The van der Waals surface area contributed by atoms with E-state index in [-0.39, 0.29) is 18.4 Å². The topological polar surface area (TPSA) is 58.6 Å². The van der Waals surface area contributed by atoms with Crippen LogP contribution in [0.1, 0.15) is 30.1 Å². The summed E-state index contributed by atoms with van der Waals surface area (Å²) in [5, 5.41) is 3.52. The number of rotatable bonds is 5. The number of halogens is 3. The molecule has 0 aromatic heterocycles. The molecule has 8 heteroatoms. The van der Waals surface area contributed by atoms with Gasteiger partial charge in [-0.1, -0.05) is 36.2 Å². The van der Waals surface area contributed by atoms with E-state index in [1.807, 2.05) is 4.90 Å². The van der Waals surface area contributed by atoms with Crippen molar-refractivity contribution in [3.05, 3.63) is 56.5 Å². The molecular weight excluding hydrogens is 479 g/mol. The zero-order chi connectivity index (χ0) is 21.0. The summed E-state index contributed by atoms with van der Waals surface area (Å²) in [6, 6.07) is 10.1. The number of carbonyl (C=O) groups is 2. The molecule has 1 heterocycles. The van der Waals surface area contributed by atoms with E-state index in [0.717, 1.165) is 25.9 Å². The van der Waals surface area contributed by atoms with Crippen molar-refractivity contribution in [2.45, 2.75) is 19.8 Å². The average molecular weight is 500 g/mol. The van der Waals surface area contributed by atoms with Crippen LogP contribution in [0.4, 0.5) is 5.69 Å². The molecule has 0 radical (unpaired) electrons. The fourth-order valence-electron chi connectivity index (χ4n) is 3.13. The standard InChI is InChI=1S/C21H21BrCl2N2O3/c1-13-5-7-26(8-6-13)21(28)14-3-2-4-16(9-14)25-19(27)12-29-20-17(22)10-15(23)11-18(20)24/h2-4,9-11,13H,5-8,12H2,1H3,(H,25,27). The van der Waals surface area contributed by atoms with Crippen LogP contribution >= 0.6 is 39.1 Å². The van der Waals surface area contributed by atoms with Crippen molar-refractivity contribution in [1.82, 2.24) is 4.90 Å². The fraction of sp³-hybridized carbons (Fsp3) is 0.333. The minimum absolute atomic E-state index is 0.0128. The monoisotopic (exact) mass is 498 g/mol. The molecule has 0 spiro atoms. The summed E-state index contributed by atoms with van der Waals surface area (Å²) in [6.45, 7) is 3.50. The molecule has 0 bridgehead atoms. The van der Waals surface area contributed by atoms with Crippen LogP contribution in [0.2, 0.25) is 10.0 Å². The Morgan fingerprint density at radius 2 is 1.93 bits per heavy atom. The highest BCUT2D eigenvalue weighted by Gasteiger charge is 2.21. The number of hydrogen-bond acceptors (Lipinski definition) is 3. The molecule has 2 amide bonds. The van der Waals surface area contributed by atoms with Gasteiger partial charge in [-0.2, -0.15) is 0 Å². The highest BCUT2D eigenvalue weighted by molar-refractivity contribution is 9.10. The van der Waals surface area contributed by atoms with E-state index >= 15 is 0 Å². The molecule has 1 fully saturated rings. The van der Waals surface area contributed by atoms with E-state index in [1.165, 1.54) is 6.07 Å². The first-order valence-electron chi connectivity index (χ1n) is 9.30. The maximum Gasteiger partial charge on any atom is 0.262 e. The lowest BCUT2D eigenvalue weighted by molar-refractivity contribution is -0.118. The molecule has 1 saturated heterocycles. The maximum atomic E-state index is 12.7. The van der Waals surface area contributed by atoms with E-state index in [4.69, 9.17) is 27.9 Å². The largest absolute Gasteiger partial charge is 0.481 e. The first-order chi connectivity index (χ1) is 13.8. The lowest BCUT2D eigenvalue weighted by Crippen LogP contribution is -2.37. The Morgan fingerprint density at radius 3 is 2.62 bits per heavy atom. The number of hydrogen-bond donors (Lipinski definition) is 1. The quantitative estimate of drug-likeness (QED) is 0.578. The third-order valence-electron chi connectivity index (χ3n) is 4.77. The van der Waals surface area contributed by atoms with Crippen LogP contribution in [0.5, 0.6) is 5.75 Å². The van der Waals surface area contributed by atoms with Gasteiger partial charge in [0, 0.05) is 29.4 Å². The Morgan fingerprint density at radius 1 is 1.21 bits per heavy atom. The summed E-state index contributed by atoms with van der Waals surface area (Å²) in [5.74, 6) is 0.619. The van der Waals surface area contributed by atoms with Gasteiger partial charge in [-0.05, 0) is 65.0 Å². The molecule has 1 aliphatic rings. The van der Waals surface area contributed by atoms with Gasteiger partial charge in [-0.15, -0.1) is 0 Å². The summed E-state index contributed by atoms with van der Waals surface area (Å²) in [6.07, 6.45) is 2.03. The van der Waals surface area contributed by atoms with E-state index in [1.54, 1.807) is 30.3 Å². The zero-order valence-corrected chi connectivity index (χ0v) is 19.0. The van der Waals surface area contributed by atoms with Crippen molar-refractivity contribution >= 4 is 56.6 Å². The van der Waals surface area contributed by atoms with E-state index in [2.05, 4.69) is 28.2 Å². The predicted octanol–water partition coefficient (Wildman–Crippen LogP) is 5.65. The molecular formula is C21H21BrCl2N2O3. The van der Waals surface area contributed by atoms with Crippen molar-refractivity contribution in [2.24, 2.45) is 5.92 Å². The predicted molar refractivity (Wildman–Crippen MR) is 119 cm³/mol. The Kier molecular flexibility index (Phi) is 7.44. The SMILES string of the molecule is CC1CCN(C(=O)c2cccc(NC(=O)COc3c(Cl)cc(Cl)cc3Br)c2)CC1. The third-order valence-corrected chi connectivity index (χ3v) is 5.86. The molecule has 2 aromatic rings. The molecule has 5 nitrogen and oxygen atoms in total. The molecule has 1 aliphatic heterocycles. The molecule has 2 aromatic carbocycles. The fourth-order valence-corrected chi connectivity index (χ4v) is 4.49. The van der Waals surface area contributed by atoms with Gasteiger partial charge in [0.15, 0.2) is 12.4 Å². The number of benzene rings is 2. The van der Waals surface area contributed by atoms with E-state index in [9.17, 15) is 9.59 Å². The molecule has 0 unspecified atom stereocenters. The van der Waals surface area contributed by atoms with E-state index < -0.39 is 0 Å². The van der Waals surface area contributed by atoms with Crippen LogP contribution < -0.4 is 10.1 Å². The number of nitrogens with one attached hydrogen (secondary N) is 1. The van der Waals surface area contributed by atoms with Crippen molar-refractivity contribution in [3.8, 4) is 5.75 Å². The van der Waals surface area contributed by atoms with Gasteiger partial charge in [-0.3, -0.25) is 9.59 Å². The van der Waals surface area contributed by atoms with Gasteiger partial charge in [0.2, 0.25) is 0 Å². The summed E-state index contributed by atoms with van der Waals surface area (Å²) in [4.78, 5) is 26.9. The van der Waals surface area contributed by atoms with Gasteiger partial charge in [-0.25, -0.2) is 0 Å². The van der Waals surface area contributed by atoms with Crippen LogP contribution in [0.25, 0.3) is 0 Å². The maximum absolute atomic E-state index is 12.7. The lowest BCUT2D eigenvalue weighted by Gasteiger charge is -2.30. The number of carbonyl (C=O) groups excluding carboxylic acids is 2. The molecule has 29 heavy (non-hydrogen) atoms. The molecule has 0 aliphatic carbocycles. The van der Waals surface area contributed by atoms with Crippen molar-refractivity contribution in [1.29, 1.82) is 0 Å². The summed E-state index contributed by atoms with van der Waals surface area (Å²) in [7, 11) is 0. The Hall–Kier alpha value is -1.76. The Bertz CT molecular complexity index is 892. The molecule has 0 atom stereocenters. The normalized spacial score (nSPS) is 14.6. The van der Waals surface area contributed by atoms with Gasteiger partial charge in [0.25, 0.3) is 11.8 Å². The lowest BCUT2D eigenvalue weighted by atomic mass is 9.98. The molecule has 3 rings (SSSR count). The van der Waals surface area contributed by atoms with Crippen molar-refractivity contribution in [3.63, 3.8) is 0 Å². The Labute approximate surface area is 188 Å². The number of ether oxygens (including phenoxy) is 1. The minimum atomic E-state index is -0.362. The third kappa shape index (κ3) is 5.87. The van der Waals surface area contributed by atoms with Gasteiger partial charge in [0.1, 0.15) is 0 Å². The average Bonchev–Trinajstić information content (AvgIpc) is 2.67. The van der Waals surface area contributed by atoms with Crippen LogP contribution in [0.15, 0.2) is 40.9 Å². The number of anilines is 1. The van der Waals surface area contributed by atoms with Crippen LogP contribution in [-0.2, 0) is 4.79 Å². The summed E-state index contributed by atoms with van der Waals surface area (Å²) in [5.41, 5.74) is 1.10. The van der Waals surface area contributed by atoms with Crippen molar-refractivity contribution < 1.29 is 14.3 Å². The number of likely N-dealkylation sites (tertiary alicyclic amines) is 1. The first-order valence-corrected chi connectivity index (χ1v) is 10.8. The van der Waals surface area contributed by atoms with E-state index in [0.29, 0.717) is 37.4 Å². The molecule has 0 saturated carbocycles. The van der Waals surface area contributed by atoms with Gasteiger partial charge in [0.05, 0.1) is 9.50 Å². The second-order valence-corrected chi connectivity index (χ2v) is 8.79. The second kappa shape index (κ2) is 9.83. The highest BCUT2D eigenvalue weighted by atomic mass is 79.9. The highest BCUT2D eigenvalue weighted by Crippen LogP contribution is 2.36. The number of piperidine rings is 1. The molecule has 1 N–H and O–H groups in total. The van der Waals surface area contributed by atoms with Crippen LogP contribution in [0.3, 0.4) is 0 Å². The van der Waals surface area contributed by atoms with Crippen molar-refractivity contribution in [2.75, 3.05) is 25.0 Å². The second-order valence-electron chi connectivity index (χ2n) is 7.09.